The van der Waals surface area contributed by atoms with Crippen LogP contribution >= 0.6 is 11.3 Å². The zero-order chi connectivity index (χ0) is 9.68. The first kappa shape index (κ1) is 9.73. The zero-order valence-electron chi connectivity index (χ0n) is 7.01. The molecule has 0 fully saturated rings. The van der Waals surface area contributed by atoms with E-state index < -0.39 is 5.97 Å². The number of thiazole rings is 1. The van der Waals surface area contributed by atoms with Crippen molar-refractivity contribution < 1.29 is 9.90 Å². The number of aromatic nitrogens is 1. The van der Waals surface area contributed by atoms with E-state index in [9.17, 15) is 4.79 Å². The van der Waals surface area contributed by atoms with Crippen LogP contribution in [-0.4, -0.2) is 29.1 Å². The van der Waals surface area contributed by atoms with Crippen LogP contribution in [-0.2, 0) is 4.79 Å². The zero-order valence-corrected chi connectivity index (χ0v) is 7.83. The number of anilines is 1. The molecule has 0 bridgehead atoms. The highest BCUT2D eigenvalue weighted by molar-refractivity contribution is 7.13. The number of carboxylic acids is 1. The molecule has 5 heteroatoms. The average Bonchev–Trinajstić information content (AvgIpc) is 2.54. The van der Waals surface area contributed by atoms with Gasteiger partial charge in [-0.3, -0.25) is 4.79 Å². The quantitative estimate of drug-likeness (QED) is 0.723. The van der Waals surface area contributed by atoms with Crippen LogP contribution in [0, 0.1) is 0 Å². The molecule has 1 aromatic rings. The van der Waals surface area contributed by atoms with Gasteiger partial charge in [0.2, 0.25) is 0 Å². The summed E-state index contributed by atoms with van der Waals surface area (Å²) in [5.74, 6) is -0.864. The van der Waals surface area contributed by atoms with Crippen LogP contribution in [0.3, 0.4) is 0 Å². The Balaban J connectivity index is 2.67. The summed E-state index contributed by atoms with van der Waals surface area (Å²) < 4.78 is 0. The lowest BCUT2D eigenvalue weighted by Crippen LogP contribution is -2.29. The van der Waals surface area contributed by atoms with Gasteiger partial charge in [-0.2, -0.15) is 0 Å². The molecule has 0 radical (unpaired) electrons. The van der Waals surface area contributed by atoms with E-state index in [1.807, 2.05) is 5.38 Å². The van der Waals surface area contributed by atoms with Gasteiger partial charge in [0.25, 0.3) is 0 Å². The van der Waals surface area contributed by atoms with Crippen molar-refractivity contribution in [3.8, 4) is 0 Å². The van der Waals surface area contributed by atoms with E-state index in [0.29, 0.717) is 11.7 Å². The summed E-state index contributed by atoms with van der Waals surface area (Å²) in [4.78, 5) is 16.2. The lowest BCUT2D eigenvalue weighted by Gasteiger charge is -2.16. The molecule has 1 rings (SSSR count). The van der Waals surface area contributed by atoms with Crippen molar-refractivity contribution in [2.75, 3.05) is 18.0 Å². The molecular weight excluding hydrogens is 188 g/mol. The smallest absolute Gasteiger partial charge is 0.323 e. The van der Waals surface area contributed by atoms with Crippen molar-refractivity contribution in [2.24, 2.45) is 0 Å². The molecule has 70 valence electrons. The fourth-order valence-electron chi connectivity index (χ4n) is 0.901. The second-order valence-corrected chi connectivity index (χ2v) is 3.25. The lowest BCUT2D eigenvalue weighted by atomic mass is 10.5. The molecule has 0 aromatic carbocycles. The minimum Gasteiger partial charge on any atom is -0.480 e. The molecule has 0 amide bonds. The summed E-state index contributed by atoms with van der Waals surface area (Å²) in [6.07, 6.45) is 3.31. The summed E-state index contributed by atoms with van der Waals surface area (Å²) in [6.45, 7) is 4.02. The predicted octanol–water partition coefficient (Wildman–Crippen LogP) is 1.22. The molecule has 4 nitrogen and oxygen atoms in total. The van der Waals surface area contributed by atoms with Gasteiger partial charge in [-0.15, -0.1) is 17.9 Å². The van der Waals surface area contributed by atoms with Gasteiger partial charge in [0.15, 0.2) is 5.13 Å². The van der Waals surface area contributed by atoms with E-state index in [4.69, 9.17) is 5.11 Å². The number of aliphatic carboxylic acids is 1. The van der Waals surface area contributed by atoms with Crippen molar-refractivity contribution in [2.45, 2.75) is 0 Å². The summed E-state index contributed by atoms with van der Waals surface area (Å²) >= 11 is 1.42. The normalized spacial score (nSPS) is 9.54. The van der Waals surface area contributed by atoms with Gasteiger partial charge in [-0.05, 0) is 0 Å². The maximum atomic E-state index is 10.5. The van der Waals surface area contributed by atoms with Crippen LogP contribution in [0.1, 0.15) is 0 Å². The van der Waals surface area contributed by atoms with Gasteiger partial charge in [-0.1, -0.05) is 6.08 Å². The van der Waals surface area contributed by atoms with Crippen molar-refractivity contribution >= 4 is 22.4 Å². The topological polar surface area (TPSA) is 53.4 Å². The maximum Gasteiger partial charge on any atom is 0.323 e. The number of rotatable bonds is 5. The molecule has 13 heavy (non-hydrogen) atoms. The summed E-state index contributed by atoms with van der Waals surface area (Å²) in [5, 5.41) is 11.1. The second kappa shape index (κ2) is 4.61. The van der Waals surface area contributed by atoms with Crippen LogP contribution in [0.4, 0.5) is 5.13 Å². The maximum absolute atomic E-state index is 10.5. The lowest BCUT2D eigenvalue weighted by molar-refractivity contribution is -0.135. The molecule has 1 N–H and O–H groups in total. The van der Waals surface area contributed by atoms with E-state index in [0.717, 1.165) is 0 Å². The highest BCUT2D eigenvalue weighted by Gasteiger charge is 2.10. The van der Waals surface area contributed by atoms with Crippen LogP contribution < -0.4 is 4.90 Å². The average molecular weight is 198 g/mol. The number of nitrogens with zero attached hydrogens (tertiary/aromatic N) is 2. The van der Waals surface area contributed by atoms with Crippen LogP contribution in [0.2, 0.25) is 0 Å². The Morgan fingerprint density at radius 1 is 1.85 bits per heavy atom. The molecular formula is C8H10N2O2S. The standard InChI is InChI=1S/C8H10N2O2S/c1-2-4-10(6-7(11)12)8-9-3-5-13-8/h2-3,5H,1,4,6H2,(H,11,12). The van der Waals surface area contributed by atoms with Gasteiger partial charge in [0, 0.05) is 18.1 Å². The number of hydrogen-bond donors (Lipinski definition) is 1. The molecule has 1 heterocycles. The summed E-state index contributed by atoms with van der Waals surface area (Å²) in [7, 11) is 0. The summed E-state index contributed by atoms with van der Waals surface area (Å²) in [5.41, 5.74) is 0. The first-order chi connectivity index (χ1) is 6.24. The SMILES string of the molecule is C=CCN(CC(=O)O)c1nccs1. The molecule has 1 aromatic heterocycles. The molecule has 0 saturated heterocycles. The Hall–Kier alpha value is -1.36. The number of carbonyl (C=O) groups is 1. The number of hydrogen-bond acceptors (Lipinski definition) is 4. The first-order valence-corrected chi connectivity index (χ1v) is 4.59. The van der Waals surface area contributed by atoms with Crippen molar-refractivity contribution in [1.29, 1.82) is 0 Å². The Kier molecular flexibility index (Phi) is 3.45. The predicted molar refractivity (Wildman–Crippen MR) is 52.2 cm³/mol. The number of carboxylic acid groups (broad SMARTS) is 1. The minimum atomic E-state index is -0.864. The Bertz CT molecular complexity index is 284. The van der Waals surface area contributed by atoms with E-state index >= 15 is 0 Å². The van der Waals surface area contributed by atoms with Gasteiger partial charge in [-0.25, -0.2) is 4.98 Å². The highest BCUT2D eigenvalue weighted by Crippen LogP contribution is 2.16. The van der Waals surface area contributed by atoms with E-state index in [2.05, 4.69) is 11.6 Å². The molecule has 0 aliphatic rings. The molecule has 0 aliphatic carbocycles. The monoisotopic (exact) mass is 198 g/mol. The van der Waals surface area contributed by atoms with E-state index in [-0.39, 0.29) is 6.54 Å². The fourth-order valence-corrected chi connectivity index (χ4v) is 1.55. The van der Waals surface area contributed by atoms with Gasteiger partial charge in [0.05, 0.1) is 0 Å². The molecule has 0 saturated carbocycles. The third-order valence-corrected chi connectivity index (χ3v) is 2.20. The van der Waals surface area contributed by atoms with Gasteiger partial charge in [0.1, 0.15) is 6.54 Å². The van der Waals surface area contributed by atoms with Crippen LogP contribution in [0.5, 0.6) is 0 Å². The largest absolute Gasteiger partial charge is 0.480 e. The Labute approximate surface area is 80.1 Å². The molecule has 0 aliphatic heterocycles. The highest BCUT2D eigenvalue weighted by atomic mass is 32.1. The third kappa shape index (κ3) is 2.87. The summed E-state index contributed by atoms with van der Waals surface area (Å²) in [6, 6.07) is 0. The van der Waals surface area contributed by atoms with Gasteiger partial charge < -0.3 is 10.0 Å². The fraction of sp³-hybridized carbons (Fsp3) is 0.250. The molecule has 0 spiro atoms. The van der Waals surface area contributed by atoms with E-state index in [1.165, 1.54) is 11.3 Å². The minimum absolute atomic E-state index is 0.0421. The van der Waals surface area contributed by atoms with Crippen LogP contribution in [0.15, 0.2) is 24.2 Å². The van der Waals surface area contributed by atoms with Crippen molar-refractivity contribution in [3.63, 3.8) is 0 Å². The van der Waals surface area contributed by atoms with Crippen LogP contribution in [0.25, 0.3) is 0 Å². The van der Waals surface area contributed by atoms with E-state index in [1.54, 1.807) is 17.2 Å². The first-order valence-electron chi connectivity index (χ1n) is 3.71. The van der Waals surface area contributed by atoms with Gasteiger partial charge >= 0.3 is 5.97 Å². The third-order valence-electron chi connectivity index (χ3n) is 1.37. The molecule has 0 atom stereocenters. The van der Waals surface area contributed by atoms with Crippen molar-refractivity contribution in [3.05, 3.63) is 24.2 Å². The second-order valence-electron chi connectivity index (χ2n) is 2.38. The Morgan fingerprint density at radius 3 is 3.08 bits per heavy atom. The Morgan fingerprint density at radius 2 is 2.62 bits per heavy atom. The van der Waals surface area contributed by atoms with Crippen molar-refractivity contribution in [1.82, 2.24) is 4.98 Å². The molecule has 0 unspecified atom stereocenters.